The maximum absolute atomic E-state index is 12.3. The Kier molecular flexibility index (Phi) is 6.63. The average molecular weight is 383 g/mol. The van der Waals surface area contributed by atoms with Crippen LogP contribution in [0.1, 0.15) is 37.6 Å². The van der Waals surface area contributed by atoms with E-state index in [-0.39, 0.29) is 29.6 Å². The quantitative estimate of drug-likeness (QED) is 0.665. The number of esters is 1. The van der Waals surface area contributed by atoms with Crippen LogP contribution in [0.5, 0.6) is 5.75 Å². The first-order chi connectivity index (χ1) is 12.2. The predicted molar refractivity (Wildman–Crippen MR) is 96.9 cm³/mol. The minimum absolute atomic E-state index is 0.0299. The summed E-state index contributed by atoms with van der Waals surface area (Å²) in [5, 5.41) is 0. The summed E-state index contributed by atoms with van der Waals surface area (Å²) in [6.07, 6.45) is 0.456. The van der Waals surface area contributed by atoms with Gasteiger partial charge in [0.25, 0.3) is 5.91 Å². The fourth-order valence-electron chi connectivity index (χ4n) is 2.89. The van der Waals surface area contributed by atoms with Gasteiger partial charge in [-0.25, -0.2) is 13.2 Å². The predicted octanol–water partition coefficient (Wildman–Crippen LogP) is 1.67. The average Bonchev–Trinajstić information content (AvgIpc) is 2.93. The molecule has 2 rings (SSSR count). The summed E-state index contributed by atoms with van der Waals surface area (Å²) in [4.78, 5) is 25.9. The molecule has 144 valence electrons. The number of carbonyl (C=O) groups is 2. The van der Waals surface area contributed by atoms with E-state index in [0.717, 1.165) is 0 Å². The van der Waals surface area contributed by atoms with Crippen molar-refractivity contribution in [3.8, 4) is 5.75 Å². The van der Waals surface area contributed by atoms with Crippen molar-refractivity contribution in [2.45, 2.75) is 39.3 Å². The second-order valence-electron chi connectivity index (χ2n) is 6.50. The highest BCUT2D eigenvalue weighted by Crippen LogP contribution is 2.18. The van der Waals surface area contributed by atoms with Crippen LogP contribution in [0.3, 0.4) is 0 Å². The third-order valence-corrected chi connectivity index (χ3v) is 5.85. The number of sulfone groups is 1. The van der Waals surface area contributed by atoms with Crippen LogP contribution in [0, 0.1) is 0 Å². The summed E-state index contributed by atoms with van der Waals surface area (Å²) in [6.45, 7) is 5.55. The molecule has 0 bridgehead atoms. The molecule has 0 aromatic heterocycles. The fourth-order valence-corrected chi connectivity index (χ4v) is 4.63. The first-order valence-corrected chi connectivity index (χ1v) is 10.5. The van der Waals surface area contributed by atoms with Gasteiger partial charge in [0.05, 0.1) is 23.2 Å². The van der Waals surface area contributed by atoms with Crippen molar-refractivity contribution >= 4 is 21.7 Å². The Hall–Kier alpha value is -2.09. The van der Waals surface area contributed by atoms with E-state index in [9.17, 15) is 18.0 Å². The highest BCUT2D eigenvalue weighted by atomic mass is 32.2. The van der Waals surface area contributed by atoms with Gasteiger partial charge in [0.15, 0.2) is 16.4 Å². The smallest absolute Gasteiger partial charge is 0.338 e. The summed E-state index contributed by atoms with van der Waals surface area (Å²) in [6, 6.07) is 6.14. The van der Waals surface area contributed by atoms with Crippen LogP contribution in [-0.4, -0.2) is 62.0 Å². The maximum atomic E-state index is 12.3. The Balaban J connectivity index is 1.90. The maximum Gasteiger partial charge on any atom is 0.338 e. The van der Waals surface area contributed by atoms with E-state index in [1.165, 1.54) is 4.90 Å². The van der Waals surface area contributed by atoms with Crippen molar-refractivity contribution in [1.82, 2.24) is 4.90 Å². The molecule has 0 aliphatic carbocycles. The second-order valence-corrected chi connectivity index (χ2v) is 8.73. The van der Waals surface area contributed by atoms with Crippen molar-refractivity contribution in [1.29, 1.82) is 0 Å². The fraction of sp³-hybridized carbons (Fsp3) is 0.556. The number of amides is 1. The monoisotopic (exact) mass is 383 g/mol. The van der Waals surface area contributed by atoms with Crippen LogP contribution in [0.15, 0.2) is 24.3 Å². The van der Waals surface area contributed by atoms with Crippen molar-refractivity contribution in [3.63, 3.8) is 0 Å². The number of hydrogen-bond donors (Lipinski definition) is 0. The minimum atomic E-state index is -3.08. The van der Waals surface area contributed by atoms with Gasteiger partial charge in [0, 0.05) is 12.6 Å². The van der Waals surface area contributed by atoms with Crippen LogP contribution < -0.4 is 4.74 Å². The van der Waals surface area contributed by atoms with Crippen LogP contribution in [-0.2, 0) is 19.4 Å². The van der Waals surface area contributed by atoms with Crippen LogP contribution >= 0.6 is 0 Å². The van der Waals surface area contributed by atoms with E-state index < -0.39 is 22.4 Å². The van der Waals surface area contributed by atoms with E-state index >= 15 is 0 Å². The molecular formula is C18H25NO6S. The lowest BCUT2D eigenvalue weighted by molar-refractivity contribution is -0.136. The van der Waals surface area contributed by atoms with Gasteiger partial charge in [-0.15, -0.1) is 0 Å². The molecule has 1 fully saturated rings. The number of likely N-dealkylation sites (N-methyl/N-ethyl adjacent to an activating group) is 1. The lowest BCUT2D eigenvalue weighted by Crippen LogP contribution is -2.43. The summed E-state index contributed by atoms with van der Waals surface area (Å²) in [5.41, 5.74) is 0.320. The van der Waals surface area contributed by atoms with Crippen LogP contribution in [0.2, 0.25) is 0 Å². The van der Waals surface area contributed by atoms with E-state index in [4.69, 9.17) is 9.47 Å². The van der Waals surface area contributed by atoms with E-state index in [0.29, 0.717) is 24.3 Å². The molecule has 7 nitrogen and oxygen atoms in total. The molecule has 1 heterocycles. The van der Waals surface area contributed by atoms with Gasteiger partial charge in [-0.2, -0.15) is 0 Å². The van der Waals surface area contributed by atoms with Gasteiger partial charge in [-0.3, -0.25) is 4.79 Å². The lowest BCUT2D eigenvalue weighted by atomic mass is 10.2. The van der Waals surface area contributed by atoms with Gasteiger partial charge < -0.3 is 14.4 Å². The van der Waals surface area contributed by atoms with Crippen molar-refractivity contribution in [3.05, 3.63) is 29.8 Å². The summed E-state index contributed by atoms with van der Waals surface area (Å²) in [7, 11) is -3.08. The molecule has 1 aliphatic rings. The van der Waals surface area contributed by atoms with Crippen LogP contribution in [0.4, 0.5) is 0 Å². The molecule has 1 atom stereocenters. The topological polar surface area (TPSA) is 90.0 Å². The first-order valence-electron chi connectivity index (χ1n) is 8.65. The largest absolute Gasteiger partial charge is 0.491 e. The first kappa shape index (κ1) is 20.2. The minimum Gasteiger partial charge on any atom is -0.491 e. The Morgan fingerprint density at radius 2 is 1.88 bits per heavy atom. The van der Waals surface area contributed by atoms with Gasteiger partial charge in [0.2, 0.25) is 0 Å². The van der Waals surface area contributed by atoms with Crippen molar-refractivity contribution < 1.29 is 27.5 Å². The van der Waals surface area contributed by atoms with E-state index in [1.54, 1.807) is 31.2 Å². The molecule has 0 saturated carbocycles. The number of ether oxygens (including phenoxy) is 2. The molecule has 0 N–H and O–H groups in total. The number of rotatable bonds is 7. The zero-order valence-corrected chi connectivity index (χ0v) is 16.1. The van der Waals surface area contributed by atoms with Gasteiger partial charge in [0.1, 0.15) is 5.75 Å². The standard InChI is InChI=1S/C18H25NO6S/c1-4-19(15-9-10-26(22,23)12-15)17(20)11-24-18(21)14-5-7-16(8-6-14)25-13(2)3/h5-8,13,15H,4,9-12H2,1-3H3. The highest BCUT2D eigenvalue weighted by Gasteiger charge is 2.34. The zero-order valence-electron chi connectivity index (χ0n) is 15.3. The van der Waals surface area contributed by atoms with E-state index in [1.807, 2.05) is 13.8 Å². The number of nitrogens with zero attached hydrogens (tertiary/aromatic N) is 1. The lowest BCUT2D eigenvalue weighted by Gasteiger charge is -2.26. The Labute approximate surface area is 154 Å². The molecule has 1 aliphatic heterocycles. The number of benzene rings is 1. The third kappa shape index (κ3) is 5.45. The molecule has 1 aromatic rings. The molecule has 1 aromatic carbocycles. The third-order valence-electron chi connectivity index (χ3n) is 4.10. The Morgan fingerprint density at radius 1 is 1.23 bits per heavy atom. The Bertz CT molecular complexity index is 741. The summed E-state index contributed by atoms with van der Waals surface area (Å²) >= 11 is 0. The molecule has 1 amide bonds. The molecular weight excluding hydrogens is 358 g/mol. The van der Waals surface area contributed by atoms with Crippen LogP contribution in [0.25, 0.3) is 0 Å². The molecule has 1 unspecified atom stereocenters. The molecule has 1 saturated heterocycles. The molecule has 0 spiro atoms. The van der Waals surface area contributed by atoms with Gasteiger partial charge in [-0.1, -0.05) is 0 Å². The SMILES string of the molecule is CCN(C(=O)COC(=O)c1ccc(OC(C)C)cc1)C1CCS(=O)(=O)C1. The van der Waals surface area contributed by atoms with E-state index in [2.05, 4.69) is 0 Å². The number of carbonyl (C=O) groups excluding carboxylic acids is 2. The molecule has 8 heteroatoms. The summed E-state index contributed by atoms with van der Waals surface area (Å²) in [5.74, 6) is -0.288. The number of hydrogen-bond acceptors (Lipinski definition) is 6. The van der Waals surface area contributed by atoms with Crippen molar-refractivity contribution in [2.75, 3.05) is 24.7 Å². The van der Waals surface area contributed by atoms with Gasteiger partial charge in [-0.05, 0) is 51.5 Å². The normalized spacial score (nSPS) is 18.5. The summed E-state index contributed by atoms with van der Waals surface area (Å²) < 4.78 is 33.8. The highest BCUT2D eigenvalue weighted by molar-refractivity contribution is 7.91. The zero-order chi connectivity index (χ0) is 19.3. The van der Waals surface area contributed by atoms with Crippen molar-refractivity contribution in [2.24, 2.45) is 0 Å². The Morgan fingerprint density at radius 3 is 2.38 bits per heavy atom. The molecule has 26 heavy (non-hydrogen) atoms. The molecule has 0 radical (unpaired) electrons. The van der Waals surface area contributed by atoms with Gasteiger partial charge >= 0.3 is 5.97 Å². The second kappa shape index (κ2) is 8.53.